The van der Waals surface area contributed by atoms with Gasteiger partial charge in [0.2, 0.25) is 5.91 Å². The smallest absolute Gasteiger partial charge is 0.343 e. The van der Waals surface area contributed by atoms with Gasteiger partial charge in [-0.15, -0.1) is 0 Å². The van der Waals surface area contributed by atoms with Gasteiger partial charge >= 0.3 is 6.03 Å². The zero-order valence-corrected chi connectivity index (χ0v) is 18.7. The maximum atomic E-state index is 13.4. The number of anilines is 2. The van der Waals surface area contributed by atoms with Crippen LogP contribution < -0.4 is 14.5 Å². The minimum Gasteiger partial charge on any atom is -0.350 e. The zero-order chi connectivity index (χ0) is 22.9. The second-order valence-corrected chi connectivity index (χ2v) is 9.48. The van der Waals surface area contributed by atoms with Gasteiger partial charge in [-0.1, -0.05) is 54.1 Å². The van der Waals surface area contributed by atoms with Crippen molar-refractivity contribution in [3.8, 4) is 0 Å². The first kappa shape index (κ1) is 21.9. The molecule has 0 spiro atoms. The molecule has 164 valence electrons. The number of para-hydroxylation sites is 1. The van der Waals surface area contributed by atoms with E-state index in [-0.39, 0.29) is 29.4 Å². The number of nitrogens with zero attached hydrogens (tertiary/aromatic N) is 2. The molecule has 0 aliphatic carbocycles. The molecule has 0 radical (unpaired) electrons. The van der Waals surface area contributed by atoms with Crippen molar-refractivity contribution in [2.75, 3.05) is 15.7 Å². The number of hydrogen-bond donors (Lipinski definition) is 1. The average Bonchev–Trinajstić information content (AvgIpc) is 2.76. The Kier molecular flexibility index (Phi) is 5.90. The fraction of sp³-hybridized carbons (Fsp3) is 0.130. The highest BCUT2D eigenvalue weighted by Crippen LogP contribution is 2.37. The molecule has 3 aromatic rings. The Hall–Kier alpha value is -3.36. The van der Waals surface area contributed by atoms with E-state index in [2.05, 4.69) is 5.32 Å². The van der Waals surface area contributed by atoms with Crippen molar-refractivity contribution in [3.05, 3.63) is 88.9 Å². The molecule has 9 heteroatoms. The van der Waals surface area contributed by atoms with Gasteiger partial charge < -0.3 is 5.32 Å². The van der Waals surface area contributed by atoms with Crippen molar-refractivity contribution in [3.63, 3.8) is 0 Å². The second kappa shape index (κ2) is 8.64. The van der Waals surface area contributed by atoms with Gasteiger partial charge in [-0.3, -0.25) is 9.69 Å². The van der Waals surface area contributed by atoms with Crippen LogP contribution in [0.1, 0.15) is 11.1 Å². The van der Waals surface area contributed by atoms with Gasteiger partial charge in [-0.25, -0.2) is 13.2 Å². The van der Waals surface area contributed by atoms with Crippen LogP contribution in [0.15, 0.2) is 77.7 Å². The Morgan fingerprint density at radius 1 is 1.00 bits per heavy atom. The fourth-order valence-corrected chi connectivity index (χ4v) is 5.29. The van der Waals surface area contributed by atoms with Crippen LogP contribution in [0.2, 0.25) is 5.02 Å². The number of halogens is 1. The summed E-state index contributed by atoms with van der Waals surface area (Å²) in [5.41, 5.74) is 1.91. The van der Waals surface area contributed by atoms with Gasteiger partial charge in [0.1, 0.15) is 11.4 Å². The standard InChI is InChI=1S/C23H20ClN3O4S/c1-16-7-6-9-18(13-16)27-23(29)26(20-11-4-5-12-21(20)32(27,30)31)15-22(28)25-14-17-8-2-3-10-19(17)24/h2-13H,14-15H2,1H3,(H,25,28). The minimum atomic E-state index is -4.14. The quantitative estimate of drug-likeness (QED) is 0.609. The molecular formula is C23H20ClN3O4S. The van der Waals surface area contributed by atoms with Crippen LogP contribution in [-0.2, 0) is 21.4 Å². The van der Waals surface area contributed by atoms with Crippen molar-refractivity contribution >= 4 is 44.9 Å². The first-order valence-corrected chi connectivity index (χ1v) is 11.6. The summed E-state index contributed by atoms with van der Waals surface area (Å²) < 4.78 is 27.3. The third-order valence-electron chi connectivity index (χ3n) is 5.05. The summed E-state index contributed by atoms with van der Waals surface area (Å²) in [6.07, 6.45) is 0. The summed E-state index contributed by atoms with van der Waals surface area (Å²) in [6.45, 7) is 1.64. The van der Waals surface area contributed by atoms with Crippen LogP contribution in [-0.4, -0.2) is 26.9 Å². The van der Waals surface area contributed by atoms with E-state index in [9.17, 15) is 18.0 Å². The SMILES string of the molecule is Cc1cccc(N2C(=O)N(CC(=O)NCc3ccccc3Cl)c3ccccc3S2(=O)=O)c1. The van der Waals surface area contributed by atoms with E-state index < -0.39 is 22.0 Å². The van der Waals surface area contributed by atoms with E-state index in [0.717, 1.165) is 15.4 Å². The molecule has 0 aromatic heterocycles. The van der Waals surface area contributed by atoms with E-state index >= 15 is 0 Å². The number of fused-ring (bicyclic) bond motifs is 1. The number of aryl methyl sites for hydroxylation is 1. The highest BCUT2D eigenvalue weighted by molar-refractivity contribution is 7.94. The molecule has 1 N–H and O–H groups in total. The number of urea groups is 1. The third kappa shape index (κ3) is 4.06. The maximum Gasteiger partial charge on any atom is 0.343 e. The van der Waals surface area contributed by atoms with Crippen molar-refractivity contribution in [1.82, 2.24) is 5.32 Å². The van der Waals surface area contributed by atoms with Crippen LogP contribution in [0.25, 0.3) is 0 Å². The molecule has 0 saturated heterocycles. The van der Waals surface area contributed by atoms with Crippen molar-refractivity contribution in [2.24, 2.45) is 0 Å². The normalized spacial score (nSPS) is 14.8. The first-order valence-electron chi connectivity index (χ1n) is 9.81. The molecule has 7 nitrogen and oxygen atoms in total. The van der Waals surface area contributed by atoms with Crippen molar-refractivity contribution in [2.45, 2.75) is 18.4 Å². The van der Waals surface area contributed by atoms with E-state index in [0.29, 0.717) is 5.02 Å². The van der Waals surface area contributed by atoms with Gasteiger partial charge in [0.05, 0.1) is 11.4 Å². The summed E-state index contributed by atoms with van der Waals surface area (Å²) in [5, 5.41) is 3.26. The van der Waals surface area contributed by atoms with Crippen LogP contribution in [0.3, 0.4) is 0 Å². The molecule has 0 saturated carbocycles. The van der Waals surface area contributed by atoms with Crippen molar-refractivity contribution in [1.29, 1.82) is 0 Å². The predicted molar refractivity (Wildman–Crippen MR) is 123 cm³/mol. The van der Waals surface area contributed by atoms with E-state index in [1.54, 1.807) is 61.5 Å². The largest absolute Gasteiger partial charge is 0.350 e. The van der Waals surface area contributed by atoms with Crippen LogP contribution >= 0.6 is 11.6 Å². The van der Waals surface area contributed by atoms with Gasteiger partial charge in [-0.2, -0.15) is 4.31 Å². The number of sulfonamides is 1. The Labute approximate surface area is 191 Å². The fourth-order valence-electron chi connectivity index (χ4n) is 3.50. The number of hydrogen-bond acceptors (Lipinski definition) is 4. The number of rotatable bonds is 5. The van der Waals surface area contributed by atoms with Gasteiger partial charge in [-0.05, 0) is 48.4 Å². The van der Waals surface area contributed by atoms with Gasteiger partial charge in [0, 0.05) is 11.6 Å². The molecule has 4 rings (SSSR count). The summed E-state index contributed by atoms with van der Waals surface area (Å²) in [6, 6.07) is 19.1. The maximum absolute atomic E-state index is 13.4. The van der Waals surface area contributed by atoms with E-state index in [1.165, 1.54) is 17.0 Å². The zero-order valence-electron chi connectivity index (χ0n) is 17.2. The number of carbonyl (C=O) groups excluding carboxylic acids is 2. The Morgan fingerprint density at radius 2 is 1.72 bits per heavy atom. The monoisotopic (exact) mass is 469 g/mol. The van der Waals surface area contributed by atoms with Gasteiger partial charge in [0.25, 0.3) is 10.0 Å². The molecule has 0 atom stereocenters. The summed E-state index contributed by atoms with van der Waals surface area (Å²) in [7, 11) is -4.14. The summed E-state index contributed by atoms with van der Waals surface area (Å²) in [5.74, 6) is -0.448. The highest BCUT2D eigenvalue weighted by Gasteiger charge is 2.43. The molecule has 1 heterocycles. The Balaban J connectivity index is 1.66. The molecule has 3 amide bonds. The molecular weight excluding hydrogens is 450 g/mol. The van der Waals surface area contributed by atoms with E-state index in [1.807, 2.05) is 6.07 Å². The van der Waals surface area contributed by atoms with Crippen LogP contribution in [0.5, 0.6) is 0 Å². The van der Waals surface area contributed by atoms with Crippen molar-refractivity contribution < 1.29 is 18.0 Å². The average molecular weight is 470 g/mol. The minimum absolute atomic E-state index is 0.0417. The highest BCUT2D eigenvalue weighted by atomic mass is 35.5. The number of nitrogens with one attached hydrogen (secondary N) is 1. The molecule has 3 aromatic carbocycles. The van der Waals surface area contributed by atoms with E-state index in [4.69, 9.17) is 11.6 Å². The Morgan fingerprint density at radius 3 is 2.47 bits per heavy atom. The molecule has 0 fully saturated rings. The second-order valence-electron chi connectivity index (χ2n) is 7.31. The lowest BCUT2D eigenvalue weighted by Crippen LogP contribution is -2.53. The molecule has 32 heavy (non-hydrogen) atoms. The molecule has 0 bridgehead atoms. The first-order chi connectivity index (χ1) is 15.3. The molecule has 0 unspecified atom stereocenters. The van der Waals surface area contributed by atoms with Crippen LogP contribution in [0, 0.1) is 6.92 Å². The number of benzene rings is 3. The lowest BCUT2D eigenvalue weighted by atomic mass is 10.2. The lowest BCUT2D eigenvalue weighted by molar-refractivity contribution is -0.119. The Bertz CT molecular complexity index is 1310. The summed E-state index contributed by atoms with van der Waals surface area (Å²) >= 11 is 6.13. The third-order valence-corrected chi connectivity index (χ3v) is 7.17. The summed E-state index contributed by atoms with van der Waals surface area (Å²) in [4.78, 5) is 27.2. The molecule has 1 aliphatic rings. The number of amides is 3. The predicted octanol–water partition coefficient (Wildman–Crippen LogP) is 4.10. The van der Waals surface area contributed by atoms with Crippen LogP contribution in [0.4, 0.5) is 16.2 Å². The molecule has 1 aliphatic heterocycles. The topological polar surface area (TPSA) is 86.8 Å². The van der Waals surface area contributed by atoms with Gasteiger partial charge in [0.15, 0.2) is 0 Å². The number of carbonyl (C=O) groups is 2. The lowest BCUT2D eigenvalue weighted by Gasteiger charge is -2.35.